The molecule has 2 aliphatic carbocycles. The van der Waals surface area contributed by atoms with Crippen molar-refractivity contribution in [3.63, 3.8) is 0 Å². The van der Waals surface area contributed by atoms with Gasteiger partial charge in [-0.1, -0.05) is 39.5 Å². The third-order valence-corrected chi connectivity index (χ3v) is 5.33. The quantitative estimate of drug-likeness (QED) is 0.763. The van der Waals surface area contributed by atoms with Crippen molar-refractivity contribution < 1.29 is 5.11 Å². The Morgan fingerprint density at radius 3 is 2.44 bits per heavy atom. The molecule has 0 amide bonds. The molecule has 94 valence electrons. The van der Waals surface area contributed by atoms with E-state index in [0.29, 0.717) is 5.92 Å². The van der Waals surface area contributed by atoms with E-state index in [9.17, 15) is 5.11 Å². The van der Waals surface area contributed by atoms with Crippen LogP contribution in [0.1, 0.15) is 71.6 Å². The summed E-state index contributed by atoms with van der Waals surface area (Å²) in [7, 11) is 0. The maximum absolute atomic E-state index is 10.8. The van der Waals surface area contributed by atoms with Gasteiger partial charge in [-0.3, -0.25) is 0 Å². The van der Waals surface area contributed by atoms with E-state index in [1.54, 1.807) is 0 Å². The van der Waals surface area contributed by atoms with Crippen LogP contribution in [0.2, 0.25) is 0 Å². The standard InChI is InChI=1S/C15H28O/c1-3-12-6-5-7-14(10-12)15(16)9-8-13(4-2)11-15/h12-14,16H,3-11H2,1-2H3. The molecule has 2 fully saturated rings. The summed E-state index contributed by atoms with van der Waals surface area (Å²) in [5.41, 5.74) is -0.283. The summed E-state index contributed by atoms with van der Waals surface area (Å²) in [6, 6.07) is 0. The van der Waals surface area contributed by atoms with Gasteiger partial charge in [0.25, 0.3) is 0 Å². The predicted molar refractivity (Wildman–Crippen MR) is 68.3 cm³/mol. The van der Waals surface area contributed by atoms with E-state index >= 15 is 0 Å². The van der Waals surface area contributed by atoms with E-state index in [-0.39, 0.29) is 5.60 Å². The molecule has 16 heavy (non-hydrogen) atoms. The maximum atomic E-state index is 10.8. The topological polar surface area (TPSA) is 20.2 Å². The molecule has 0 aromatic carbocycles. The minimum absolute atomic E-state index is 0.283. The van der Waals surface area contributed by atoms with E-state index < -0.39 is 0 Å². The molecule has 0 bridgehead atoms. The van der Waals surface area contributed by atoms with E-state index in [2.05, 4.69) is 13.8 Å². The molecule has 0 radical (unpaired) electrons. The molecule has 4 atom stereocenters. The van der Waals surface area contributed by atoms with E-state index in [0.717, 1.165) is 24.7 Å². The van der Waals surface area contributed by atoms with Crippen LogP contribution in [0.3, 0.4) is 0 Å². The van der Waals surface area contributed by atoms with Gasteiger partial charge in [-0.15, -0.1) is 0 Å². The second-order valence-corrected chi connectivity index (χ2v) is 6.26. The van der Waals surface area contributed by atoms with E-state index in [4.69, 9.17) is 0 Å². The highest BCUT2D eigenvalue weighted by Gasteiger charge is 2.44. The fourth-order valence-electron chi connectivity index (χ4n) is 4.03. The van der Waals surface area contributed by atoms with Crippen molar-refractivity contribution in [1.29, 1.82) is 0 Å². The van der Waals surface area contributed by atoms with Crippen molar-refractivity contribution in [2.24, 2.45) is 17.8 Å². The van der Waals surface area contributed by atoms with Crippen LogP contribution in [0.25, 0.3) is 0 Å². The molecule has 4 unspecified atom stereocenters. The summed E-state index contributed by atoms with van der Waals surface area (Å²) >= 11 is 0. The highest BCUT2D eigenvalue weighted by atomic mass is 16.3. The molecular formula is C15H28O. The zero-order chi connectivity index (χ0) is 11.6. The minimum Gasteiger partial charge on any atom is -0.390 e. The molecule has 1 heteroatoms. The first-order valence-electron chi connectivity index (χ1n) is 7.40. The molecule has 1 N–H and O–H groups in total. The van der Waals surface area contributed by atoms with Crippen molar-refractivity contribution in [2.75, 3.05) is 0 Å². The SMILES string of the molecule is CCC1CCCC(C2(O)CCC(CC)C2)C1. The second kappa shape index (κ2) is 5.08. The molecule has 2 aliphatic rings. The summed E-state index contributed by atoms with van der Waals surface area (Å²) in [4.78, 5) is 0. The van der Waals surface area contributed by atoms with Gasteiger partial charge >= 0.3 is 0 Å². The van der Waals surface area contributed by atoms with Crippen molar-refractivity contribution in [1.82, 2.24) is 0 Å². The Labute approximate surface area is 101 Å². The summed E-state index contributed by atoms with van der Waals surface area (Å²) in [5, 5.41) is 10.8. The van der Waals surface area contributed by atoms with Crippen LogP contribution in [-0.2, 0) is 0 Å². The van der Waals surface area contributed by atoms with Crippen LogP contribution in [0, 0.1) is 17.8 Å². The Bertz CT molecular complexity index is 225. The third kappa shape index (κ3) is 2.45. The average molecular weight is 224 g/mol. The fourth-order valence-corrected chi connectivity index (χ4v) is 4.03. The van der Waals surface area contributed by atoms with Crippen LogP contribution < -0.4 is 0 Å². The normalized spacial score (nSPS) is 44.8. The van der Waals surface area contributed by atoms with Crippen LogP contribution in [-0.4, -0.2) is 10.7 Å². The fraction of sp³-hybridized carbons (Fsp3) is 1.00. The van der Waals surface area contributed by atoms with Crippen molar-refractivity contribution in [3.8, 4) is 0 Å². The molecule has 0 aliphatic heterocycles. The van der Waals surface area contributed by atoms with Gasteiger partial charge in [-0.2, -0.15) is 0 Å². The third-order valence-electron chi connectivity index (χ3n) is 5.33. The van der Waals surface area contributed by atoms with Crippen LogP contribution >= 0.6 is 0 Å². The average Bonchev–Trinajstić information content (AvgIpc) is 2.73. The zero-order valence-corrected chi connectivity index (χ0v) is 11.0. The lowest BCUT2D eigenvalue weighted by atomic mass is 9.71. The second-order valence-electron chi connectivity index (χ2n) is 6.26. The lowest BCUT2D eigenvalue weighted by Crippen LogP contribution is -2.38. The predicted octanol–water partition coefficient (Wildman–Crippen LogP) is 4.14. The Kier molecular flexibility index (Phi) is 3.94. The Morgan fingerprint density at radius 1 is 1.06 bits per heavy atom. The zero-order valence-electron chi connectivity index (χ0n) is 11.0. The van der Waals surface area contributed by atoms with Gasteiger partial charge in [0.1, 0.15) is 0 Å². The van der Waals surface area contributed by atoms with E-state index in [1.807, 2.05) is 0 Å². The Balaban J connectivity index is 1.95. The summed E-state index contributed by atoms with van der Waals surface area (Å²) in [5.74, 6) is 2.30. The first-order valence-corrected chi connectivity index (χ1v) is 7.40. The van der Waals surface area contributed by atoms with E-state index in [1.165, 1.54) is 44.9 Å². The minimum atomic E-state index is -0.283. The van der Waals surface area contributed by atoms with Gasteiger partial charge in [0, 0.05) is 0 Å². The summed E-state index contributed by atoms with van der Waals surface area (Å²) in [6.45, 7) is 4.58. The van der Waals surface area contributed by atoms with Gasteiger partial charge in [0.05, 0.1) is 5.60 Å². The molecule has 2 rings (SSSR count). The van der Waals surface area contributed by atoms with Crippen molar-refractivity contribution in [3.05, 3.63) is 0 Å². The van der Waals surface area contributed by atoms with Gasteiger partial charge in [-0.25, -0.2) is 0 Å². The Morgan fingerprint density at radius 2 is 1.81 bits per heavy atom. The number of hydrogen-bond acceptors (Lipinski definition) is 1. The van der Waals surface area contributed by atoms with Gasteiger partial charge in [-0.05, 0) is 49.9 Å². The molecule has 0 heterocycles. The highest BCUT2D eigenvalue weighted by molar-refractivity contribution is 4.95. The lowest BCUT2D eigenvalue weighted by molar-refractivity contribution is -0.0390. The van der Waals surface area contributed by atoms with Gasteiger partial charge < -0.3 is 5.11 Å². The smallest absolute Gasteiger partial charge is 0.0678 e. The molecule has 0 aromatic rings. The van der Waals surface area contributed by atoms with Crippen LogP contribution in [0.5, 0.6) is 0 Å². The first-order chi connectivity index (χ1) is 7.68. The molecular weight excluding hydrogens is 196 g/mol. The highest BCUT2D eigenvalue weighted by Crippen LogP contribution is 2.47. The molecule has 0 aromatic heterocycles. The lowest BCUT2D eigenvalue weighted by Gasteiger charge is -2.38. The van der Waals surface area contributed by atoms with Crippen LogP contribution in [0.15, 0.2) is 0 Å². The summed E-state index contributed by atoms with van der Waals surface area (Å²) < 4.78 is 0. The monoisotopic (exact) mass is 224 g/mol. The maximum Gasteiger partial charge on any atom is 0.0678 e. The molecule has 1 nitrogen and oxygen atoms in total. The Hall–Kier alpha value is -0.0400. The molecule has 2 saturated carbocycles. The van der Waals surface area contributed by atoms with Crippen LogP contribution in [0.4, 0.5) is 0 Å². The summed E-state index contributed by atoms with van der Waals surface area (Å²) in [6.07, 6.45) is 11.3. The molecule has 0 saturated heterocycles. The largest absolute Gasteiger partial charge is 0.390 e. The van der Waals surface area contributed by atoms with Gasteiger partial charge in [0.2, 0.25) is 0 Å². The van der Waals surface area contributed by atoms with Crippen molar-refractivity contribution >= 4 is 0 Å². The first kappa shape index (κ1) is 12.4. The number of rotatable bonds is 3. The van der Waals surface area contributed by atoms with Crippen molar-refractivity contribution in [2.45, 2.75) is 77.2 Å². The number of hydrogen-bond donors (Lipinski definition) is 1. The van der Waals surface area contributed by atoms with Gasteiger partial charge in [0.15, 0.2) is 0 Å². The number of aliphatic hydroxyl groups is 1. The molecule has 0 spiro atoms.